The fraction of sp³-hybridized carbons (Fsp3) is 0.571. The fourth-order valence-electron chi connectivity index (χ4n) is 1.92. The summed E-state index contributed by atoms with van der Waals surface area (Å²) in [5, 5.41) is 10.1. The SMILES string of the molecule is CCOC(CC)C(O)Cc1ccc(OC)c(Br)c1. The molecule has 0 aliphatic rings. The second-order valence-electron chi connectivity index (χ2n) is 4.14. The van der Waals surface area contributed by atoms with E-state index >= 15 is 0 Å². The van der Waals surface area contributed by atoms with Crippen LogP contribution in [0, 0.1) is 0 Å². The molecule has 0 bridgehead atoms. The first-order valence-electron chi connectivity index (χ1n) is 6.24. The maximum absolute atomic E-state index is 10.1. The Labute approximate surface area is 117 Å². The number of benzene rings is 1. The van der Waals surface area contributed by atoms with Gasteiger partial charge in [-0.1, -0.05) is 13.0 Å². The van der Waals surface area contributed by atoms with Crippen molar-refractivity contribution in [3.8, 4) is 5.75 Å². The number of aliphatic hydroxyl groups excluding tert-OH is 1. The molecule has 102 valence electrons. The average molecular weight is 317 g/mol. The number of hydrogen-bond acceptors (Lipinski definition) is 3. The highest BCUT2D eigenvalue weighted by atomic mass is 79.9. The lowest BCUT2D eigenvalue weighted by molar-refractivity contribution is -0.0334. The molecule has 0 heterocycles. The Hall–Kier alpha value is -0.580. The van der Waals surface area contributed by atoms with Crippen molar-refractivity contribution >= 4 is 15.9 Å². The Balaban J connectivity index is 2.68. The zero-order chi connectivity index (χ0) is 13.5. The van der Waals surface area contributed by atoms with E-state index in [9.17, 15) is 5.11 Å². The topological polar surface area (TPSA) is 38.7 Å². The van der Waals surface area contributed by atoms with Crippen LogP contribution in [-0.2, 0) is 11.2 Å². The molecule has 0 saturated heterocycles. The lowest BCUT2D eigenvalue weighted by Crippen LogP contribution is -2.30. The number of halogens is 1. The largest absolute Gasteiger partial charge is 0.496 e. The summed E-state index contributed by atoms with van der Waals surface area (Å²) in [5.41, 5.74) is 1.06. The molecule has 1 aromatic carbocycles. The normalized spacial score (nSPS) is 14.3. The van der Waals surface area contributed by atoms with Gasteiger partial charge in [-0.05, 0) is 47.0 Å². The molecular formula is C14H21BrO3. The molecule has 0 spiro atoms. The monoisotopic (exact) mass is 316 g/mol. The van der Waals surface area contributed by atoms with Crippen molar-refractivity contribution < 1.29 is 14.6 Å². The molecule has 4 heteroatoms. The van der Waals surface area contributed by atoms with Crippen LogP contribution in [-0.4, -0.2) is 31.0 Å². The van der Waals surface area contributed by atoms with E-state index < -0.39 is 6.10 Å². The minimum atomic E-state index is -0.477. The minimum Gasteiger partial charge on any atom is -0.496 e. The Morgan fingerprint density at radius 3 is 2.56 bits per heavy atom. The molecule has 3 nitrogen and oxygen atoms in total. The van der Waals surface area contributed by atoms with Crippen LogP contribution < -0.4 is 4.74 Å². The van der Waals surface area contributed by atoms with Crippen molar-refractivity contribution in [2.24, 2.45) is 0 Å². The van der Waals surface area contributed by atoms with Crippen LogP contribution in [0.5, 0.6) is 5.75 Å². The van der Waals surface area contributed by atoms with Gasteiger partial charge >= 0.3 is 0 Å². The first-order valence-corrected chi connectivity index (χ1v) is 7.03. The second kappa shape index (κ2) is 7.77. The Bertz CT molecular complexity index is 368. The number of methoxy groups -OCH3 is 1. The van der Waals surface area contributed by atoms with Crippen LogP contribution in [0.15, 0.2) is 22.7 Å². The van der Waals surface area contributed by atoms with Gasteiger partial charge in [-0.2, -0.15) is 0 Å². The smallest absolute Gasteiger partial charge is 0.133 e. The van der Waals surface area contributed by atoms with Crippen molar-refractivity contribution in [1.82, 2.24) is 0 Å². The summed E-state index contributed by atoms with van der Waals surface area (Å²) in [7, 11) is 1.64. The quantitative estimate of drug-likeness (QED) is 0.839. The fourth-order valence-corrected chi connectivity index (χ4v) is 2.51. The van der Waals surface area contributed by atoms with Crippen LogP contribution in [0.25, 0.3) is 0 Å². The third kappa shape index (κ3) is 4.26. The van der Waals surface area contributed by atoms with E-state index in [1.807, 2.05) is 32.0 Å². The molecule has 1 aromatic rings. The van der Waals surface area contributed by atoms with Gasteiger partial charge in [0.1, 0.15) is 5.75 Å². The molecule has 0 aliphatic carbocycles. The summed E-state index contributed by atoms with van der Waals surface area (Å²) < 4.78 is 11.6. The molecule has 0 amide bonds. The van der Waals surface area contributed by atoms with E-state index in [0.29, 0.717) is 13.0 Å². The Morgan fingerprint density at radius 2 is 2.06 bits per heavy atom. The summed E-state index contributed by atoms with van der Waals surface area (Å²) in [5.74, 6) is 0.796. The summed E-state index contributed by atoms with van der Waals surface area (Å²) in [6, 6.07) is 5.83. The van der Waals surface area contributed by atoms with Crippen LogP contribution in [0.1, 0.15) is 25.8 Å². The molecule has 2 atom stereocenters. The van der Waals surface area contributed by atoms with Crippen molar-refractivity contribution in [3.63, 3.8) is 0 Å². The number of hydrogen-bond donors (Lipinski definition) is 1. The van der Waals surface area contributed by atoms with Gasteiger partial charge in [-0.3, -0.25) is 0 Å². The first kappa shape index (κ1) is 15.5. The molecule has 0 aromatic heterocycles. The standard InChI is InChI=1S/C14H21BrO3/c1-4-13(18-5-2)12(16)9-10-6-7-14(17-3)11(15)8-10/h6-8,12-13,16H,4-5,9H2,1-3H3. The highest BCUT2D eigenvalue weighted by Gasteiger charge is 2.18. The predicted molar refractivity (Wildman–Crippen MR) is 76.1 cm³/mol. The average Bonchev–Trinajstić information content (AvgIpc) is 2.36. The zero-order valence-corrected chi connectivity index (χ0v) is 12.7. The van der Waals surface area contributed by atoms with Gasteiger partial charge in [-0.25, -0.2) is 0 Å². The summed E-state index contributed by atoms with van der Waals surface area (Å²) in [6.07, 6.45) is 0.819. The van der Waals surface area contributed by atoms with Crippen LogP contribution >= 0.6 is 15.9 Å². The Morgan fingerprint density at radius 1 is 1.33 bits per heavy atom. The third-order valence-electron chi connectivity index (χ3n) is 2.87. The molecular weight excluding hydrogens is 296 g/mol. The summed E-state index contributed by atoms with van der Waals surface area (Å²) in [4.78, 5) is 0. The van der Waals surface area contributed by atoms with Gasteiger partial charge in [0.15, 0.2) is 0 Å². The van der Waals surface area contributed by atoms with Crippen molar-refractivity contribution in [2.75, 3.05) is 13.7 Å². The number of aliphatic hydroxyl groups is 1. The van der Waals surface area contributed by atoms with E-state index in [4.69, 9.17) is 9.47 Å². The molecule has 18 heavy (non-hydrogen) atoms. The minimum absolute atomic E-state index is 0.101. The predicted octanol–water partition coefficient (Wildman–Crippen LogP) is 3.18. The molecule has 0 radical (unpaired) electrons. The number of rotatable bonds is 7. The van der Waals surface area contributed by atoms with Crippen LogP contribution in [0.3, 0.4) is 0 Å². The molecule has 0 saturated carbocycles. The van der Waals surface area contributed by atoms with Gasteiger partial charge in [0.25, 0.3) is 0 Å². The maximum atomic E-state index is 10.1. The van der Waals surface area contributed by atoms with E-state index in [0.717, 1.165) is 22.2 Å². The van der Waals surface area contributed by atoms with Gasteiger partial charge in [0.2, 0.25) is 0 Å². The van der Waals surface area contributed by atoms with Gasteiger partial charge in [0, 0.05) is 13.0 Å². The lowest BCUT2D eigenvalue weighted by Gasteiger charge is -2.21. The van der Waals surface area contributed by atoms with Gasteiger partial charge < -0.3 is 14.6 Å². The van der Waals surface area contributed by atoms with Crippen LogP contribution in [0.4, 0.5) is 0 Å². The maximum Gasteiger partial charge on any atom is 0.133 e. The zero-order valence-electron chi connectivity index (χ0n) is 11.1. The van der Waals surface area contributed by atoms with E-state index in [2.05, 4.69) is 15.9 Å². The third-order valence-corrected chi connectivity index (χ3v) is 3.49. The van der Waals surface area contributed by atoms with Crippen molar-refractivity contribution in [1.29, 1.82) is 0 Å². The lowest BCUT2D eigenvalue weighted by atomic mass is 10.0. The highest BCUT2D eigenvalue weighted by molar-refractivity contribution is 9.10. The molecule has 2 unspecified atom stereocenters. The highest BCUT2D eigenvalue weighted by Crippen LogP contribution is 2.26. The molecule has 0 fully saturated rings. The number of ether oxygens (including phenoxy) is 2. The Kier molecular flexibility index (Phi) is 6.68. The van der Waals surface area contributed by atoms with E-state index in [-0.39, 0.29) is 6.10 Å². The first-order chi connectivity index (χ1) is 8.62. The van der Waals surface area contributed by atoms with Gasteiger partial charge in [-0.15, -0.1) is 0 Å². The van der Waals surface area contributed by atoms with Crippen molar-refractivity contribution in [3.05, 3.63) is 28.2 Å². The van der Waals surface area contributed by atoms with E-state index in [1.165, 1.54) is 0 Å². The molecule has 1 N–H and O–H groups in total. The molecule has 0 aliphatic heterocycles. The summed E-state index contributed by atoms with van der Waals surface area (Å²) >= 11 is 3.44. The van der Waals surface area contributed by atoms with Gasteiger partial charge in [0.05, 0.1) is 23.8 Å². The van der Waals surface area contributed by atoms with E-state index in [1.54, 1.807) is 7.11 Å². The van der Waals surface area contributed by atoms with Crippen molar-refractivity contribution in [2.45, 2.75) is 38.9 Å². The second-order valence-corrected chi connectivity index (χ2v) is 5.00. The summed E-state index contributed by atoms with van der Waals surface area (Å²) in [6.45, 7) is 4.59. The van der Waals surface area contributed by atoms with Crippen LogP contribution in [0.2, 0.25) is 0 Å². The molecule has 1 rings (SSSR count).